The Morgan fingerprint density at radius 2 is 2.50 bits per heavy atom. The fraction of sp³-hybridized carbons (Fsp3) is 0.857. The van der Waals surface area contributed by atoms with Gasteiger partial charge in [-0.05, 0) is 19.4 Å². The number of carboxylic acids is 1. The van der Waals surface area contributed by atoms with E-state index in [1.807, 2.05) is 7.05 Å². The van der Waals surface area contributed by atoms with Crippen molar-refractivity contribution >= 4 is 5.97 Å². The average Bonchev–Trinajstić information content (AvgIpc) is 2.37. The largest absolute Gasteiger partial charge is 0.481 e. The van der Waals surface area contributed by atoms with Crippen molar-refractivity contribution in [3.05, 3.63) is 0 Å². The van der Waals surface area contributed by atoms with Crippen molar-refractivity contribution in [2.45, 2.75) is 6.42 Å². The predicted octanol–water partition coefficient (Wildman–Crippen LogP) is 0.0227. The summed E-state index contributed by atoms with van der Waals surface area (Å²) in [6.07, 6.45) is 0.909. The molecule has 2 unspecified atom stereocenters. The van der Waals surface area contributed by atoms with Crippen LogP contribution in [0.4, 0.5) is 0 Å². The third kappa shape index (κ3) is 0.560. The standard InChI is InChI=1S/C7H11NO2/c1-8-3-5-2-7(5,4-8)6(9)10/h5H,2-4H2,1H3,(H,9,10). The normalized spacial score (nSPS) is 45.1. The topological polar surface area (TPSA) is 40.5 Å². The van der Waals surface area contributed by atoms with Gasteiger partial charge in [0.05, 0.1) is 5.41 Å². The summed E-state index contributed by atoms with van der Waals surface area (Å²) < 4.78 is 0. The van der Waals surface area contributed by atoms with Crippen molar-refractivity contribution in [2.24, 2.45) is 11.3 Å². The fourth-order valence-corrected chi connectivity index (χ4v) is 2.07. The van der Waals surface area contributed by atoms with Crippen LogP contribution >= 0.6 is 0 Å². The third-order valence-electron chi connectivity index (χ3n) is 2.74. The molecule has 3 nitrogen and oxygen atoms in total. The molecule has 0 aromatic heterocycles. The summed E-state index contributed by atoms with van der Waals surface area (Å²) in [6.45, 7) is 1.74. The quantitative estimate of drug-likeness (QED) is 0.559. The van der Waals surface area contributed by atoms with Gasteiger partial charge in [0.2, 0.25) is 0 Å². The first-order valence-electron chi connectivity index (χ1n) is 3.57. The Balaban J connectivity index is 2.15. The second-order valence-corrected chi connectivity index (χ2v) is 3.56. The van der Waals surface area contributed by atoms with E-state index in [0.29, 0.717) is 5.92 Å². The minimum atomic E-state index is -0.596. The highest BCUT2D eigenvalue weighted by atomic mass is 16.4. The SMILES string of the molecule is CN1CC2CC2(C(=O)O)C1. The van der Waals surface area contributed by atoms with Gasteiger partial charge >= 0.3 is 5.97 Å². The molecule has 0 aromatic rings. The molecule has 1 saturated carbocycles. The first-order chi connectivity index (χ1) is 4.65. The van der Waals surface area contributed by atoms with Crippen LogP contribution < -0.4 is 0 Å². The van der Waals surface area contributed by atoms with E-state index in [1.165, 1.54) is 0 Å². The number of carboxylic acid groups (broad SMARTS) is 1. The molecular formula is C7H11NO2. The molecule has 0 radical (unpaired) electrons. The summed E-state index contributed by atoms with van der Waals surface area (Å²) in [5, 5.41) is 8.81. The van der Waals surface area contributed by atoms with E-state index in [0.717, 1.165) is 19.5 Å². The maximum absolute atomic E-state index is 10.7. The summed E-state index contributed by atoms with van der Waals surface area (Å²) in [5.74, 6) is -0.142. The van der Waals surface area contributed by atoms with Gasteiger partial charge in [-0.15, -0.1) is 0 Å². The van der Waals surface area contributed by atoms with Crippen molar-refractivity contribution in [1.29, 1.82) is 0 Å². The molecule has 1 heterocycles. The van der Waals surface area contributed by atoms with Gasteiger partial charge in [0.15, 0.2) is 0 Å². The smallest absolute Gasteiger partial charge is 0.311 e. The minimum absolute atomic E-state index is 0.325. The summed E-state index contributed by atoms with van der Waals surface area (Å²) in [4.78, 5) is 12.8. The Labute approximate surface area is 59.6 Å². The van der Waals surface area contributed by atoms with Crippen LogP contribution in [0.5, 0.6) is 0 Å². The van der Waals surface area contributed by atoms with Gasteiger partial charge in [0.1, 0.15) is 0 Å². The van der Waals surface area contributed by atoms with Crippen LogP contribution in [0.25, 0.3) is 0 Å². The zero-order valence-electron chi connectivity index (χ0n) is 6.00. The molecule has 3 heteroatoms. The van der Waals surface area contributed by atoms with Crippen molar-refractivity contribution in [3.8, 4) is 0 Å². The van der Waals surface area contributed by atoms with Gasteiger partial charge in [-0.3, -0.25) is 4.79 Å². The second-order valence-electron chi connectivity index (χ2n) is 3.56. The molecule has 0 amide bonds. The summed E-state index contributed by atoms with van der Waals surface area (Å²) in [5.41, 5.74) is -0.325. The summed E-state index contributed by atoms with van der Waals surface area (Å²) in [6, 6.07) is 0. The van der Waals surface area contributed by atoms with Crippen LogP contribution in [0.2, 0.25) is 0 Å². The van der Waals surface area contributed by atoms with E-state index in [9.17, 15) is 4.79 Å². The summed E-state index contributed by atoms with van der Waals surface area (Å²) in [7, 11) is 1.98. The van der Waals surface area contributed by atoms with Crippen LogP contribution in [0, 0.1) is 11.3 Å². The maximum Gasteiger partial charge on any atom is 0.311 e. The molecule has 56 valence electrons. The van der Waals surface area contributed by atoms with E-state index in [2.05, 4.69) is 4.90 Å². The molecule has 1 N–H and O–H groups in total. The highest BCUT2D eigenvalue weighted by Crippen LogP contribution is 2.57. The number of nitrogens with zero attached hydrogens (tertiary/aromatic N) is 1. The molecule has 0 bridgehead atoms. The van der Waals surface area contributed by atoms with Crippen LogP contribution in [0.3, 0.4) is 0 Å². The number of likely N-dealkylation sites (tertiary alicyclic amines) is 1. The Bertz CT molecular complexity index is 192. The number of hydrogen-bond donors (Lipinski definition) is 1. The lowest BCUT2D eigenvalue weighted by Crippen LogP contribution is -2.25. The molecule has 2 fully saturated rings. The lowest BCUT2D eigenvalue weighted by atomic mass is 10.1. The van der Waals surface area contributed by atoms with Gasteiger partial charge in [0.25, 0.3) is 0 Å². The highest BCUT2D eigenvalue weighted by molar-refractivity contribution is 5.79. The molecule has 2 rings (SSSR count). The fourth-order valence-electron chi connectivity index (χ4n) is 2.07. The number of aliphatic carboxylic acids is 1. The Morgan fingerprint density at radius 1 is 1.80 bits per heavy atom. The zero-order chi connectivity index (χ0) is 7.35. The molecule has 0 spiro atoms. The minimum Gasteiger partial charge on any atom is -0.481 e. The first-order valence-corrected chi connectivity index (χ1v) is 3.57. The van der Waals surface area contributed by atoms with Crippen molar-refractivity contribution in [3.63, 3.8) is 0 Å². The van der Waals surface area contributed by atoms with E-state index >= 15 is 0 Å². The third-order valence-corrected chi connectivity index (χ3v) is 2.74. The lowest BCUT2D eigenvalue weighted by molar-refractivity contribution is -0.143. The molecular weight excluding hydrogens is 130 g/mol. The highest BCUT2D eigenvalue weighted by Gasteiger charge is 2.64. The first kappa shape index (κ1) is 6.16. The van der Waals surface area contributed by atoms with Crippen LogP contribution in [0.1, 0.15) is 6.42 Å². The van der Waals surface area contributed by atoms with Crippen molar-refractivity contribution in [1.82, 2.24) is 4.90 Å². The van der Waals surface area contributed by atoms with Gasteiger partial charge in [-0.25, -0.2) is 0 Å². The van der Waals surface area contributed by atoms with Gasteiger partial charge in [-0.1, -0.05) is 0 Å². The van der Waals surface area contributed by atoms with Crippen LogP contribution in [-0.2, 0) is 4.79 Å². The van der Waals surface area contributed by atoms with E-state index < -0.39 is 5.97 Å². The Morgan fingerprint density at radius 3 is 2.80 bits per heavy atom. The maximum atomic E-state index is 10.7. The van der Waals surface area contributed by atoms with Gasteiger partial charge in [0, 0.05) is 13.1 Å². The lowest BCUT2D eigenvalue weighted by Gasteiger charge is -2.11. The molecule has 2 atom stereocenters. The number of fused-ring (bicyclic) bond motifs is 1. The zero-order valence-corrected chi connectivity index (χ0v) is 6.00. The van der Waals surface area contributed by atoms with Crippen LogP contribution in [-0.4, -0.2) is 36.1 Å². The van der Waals surface area contributed by atoms with Crippen LogP contribution in [0.15, 0.2) is 0 Å². The van der Waals surface area contributed by atoms with E-state index in [4.69, 9.17) is 5.11 Å². The Hall–Kier alpha value is -0.570. The molecule has 0 aromatic carbocycles. The number of rotatable bonds is 1. The van der Waals surface area contributed by atoms with Gasteiger partial charge in [-0.2, -0.15) is 0 Å². The molecule has 2 aliphatic rings. The summed E-state index contributed by atoms with van der Waals surface area (Å²) >= 11 is 0. The number of piperidine rings is 1. The molecule has 1 aliphatic carbocycles. The van der Waals surface area contributed by atoms with Crippen molar-refractivity contribution in [2.75, 3.05) is 20.1 Å². The average molecular weight is 141 g/mol. The molecule has 10 heavy (non-hydrogen) atoms. The Kier molecular flexibility index (Phi) is 0.944. The molecule has 1 aliphatic heterocycles. The van der Waals surface area contributed by atoms with Crippen molar-refractivity contribution < 1.29 is 9.90 Å². The van der Waals surface area contributed by atoms with Gasteiger partial charge < -0.3 is 10.0 Å². The number of carbonyl (C=O) groups is 1. The molecule has 1 saturated heterocycles. The monoisotopic (exact) mass is 141 g/mol. The van der Waals surface area contributed by atoms with E-state index in [1.54, 1.807) is 0 Å². The predicted molar refractivity (Wildman–Crippen MR) is 35.7 cm³/mol. The second kappa shape index (κ2) is 1.53. The van der Waals surface area contributed by atoms with E-state index in [-0.39, 0.29) is 5.41 Å². The number of hydrogen-bond acceptors (Lipinski definition) is 2.